The minimum atomic E-state index is 0. The number of nitrogens with two attached hydrogens (primary N) is 1. The third kappa shape index (κ3) is 1.37. The molecule has 1 atom stereocenters. The molecule has 1 aromatic rings. The number of rotatable bonds is 0. The van der Waals surface area contributed by atoms with Crippen LogP contribution < -0.4 is 5.73 Å². The maximum absolute atomic E-state index is 5.78. The van der Waals surface area contributed by atoms with Gasteiger partial charge in [-0.25, -0.2) is 0 Å². The van der Waals surface area contributed by atoms with Gasteiger partial charge in [0.1, 0.15) is 0 Å². The topological polar surface area (TPSA) is 38.9 Å². The van der Waals surface area contributed by atoms with Gasteiger partial charge < -0.3 is 5.73 Å². The lowest BCUT2D eigenvalue weighted by atomic mass is 10.2. The first kappa shape index (κ1) is 8.50. The minimum absolute atomic E-state index is 0. The van der Waals surface area contributed by atoms with E-state index in [4.69, 9.17) is 5.73 Å². The summed E-state index contributed by atoms with van der Waals surface area (Å²) < 4.78 is 0. The van der Waals surface area contributed by atoms with Crippen molar-refractivity contribution in [2.75, 3.05) is 0 Å². The number of hydrogen-bond acceptors (Lipinski definition) is 2. The maximum Gasteiger partial charge on any atom is 0.0602 e. The van der Waals surface area contributed by atoms with Crippen molar-refractivity contribution >= 4 is 12.4 Å². The number of hydrogen-bond donors (Lipinski definition) is 1. The zero-order chi connectivity index (χ0) is 6.97. The number of nitrogens with zero attached hydrogens (tertiary/aromatic N) is 1. The SMILES string of the molecule is Cl.N[C@@H]1CCc2cccnc21. The molecule has 0 radical (unpaired) electrons. The normalized spacial score (nSPS) is 20.6. The van der Waals surface area contributed by atoms with Crippen molar-refractivity contribution in [3.63, 3.8) is 0 Å². The van der Waals surface area contributed by atoms with Gasteiger partial charge in [0.2, 0.25) is 0 Å². The van der Waals surface area contributed by atoms with E-state index in [0.717, 1.165) is 18.5 Å². The summed E-state index contributed by atoms with van der Waals surface area (Å²) in [6.45, 7) is 0. The lowest BCUT2D eigenvalue weighted by molar-refractivity contribution is 0.698. The highest BCUT2D eigenvalue weighted by molar-refractivity contribution is 5.85. The predicted molar refractivity (Wildman–Crippen MR) is 46.7 cm³/mol. The zero-order valence-corrected chi connectivity index (χ0v) is 6.97. The molecular weight excluding hydrogens is 160 g/mol. The van der Waals surface area contributed by atoms with Crippen LogP contribution in [0.25, 0.3) is 0 Å². The Morgan fingerprint density at radius 3 is 3.09 bits per heavy atom. The monoisotopic (exact) mass is 170 g/mol. The van der Waals surface area contributed by atoms with Crippen molar-refractivity contribution in [2.45, 2.75) is 18.9 Å². The molecule has 0 unspecified atom stereocenters. The molecule has 0 spiro atoms. The molecule has 11 heavy (non-hydrogen) atoms. The highest BCUT2D eigenvalue weighted by Crippen LogP contribution is 2.25. The van der Waals surface area contributed by atoms with Gasteiger partial charge in [0, 0.05) is 12.2 Å². The molecule has 2 N–H and O–H groups in total. The standard InChI is InChI=1S/C8H10N2.ClH/c9-7-4-3-6-2-1-5-10-8(6)7;/h1-2,5,7H,3-4,9H2;1H/t7-;/m1./s1. The van der Waals surface area contributed by atoms with Gasteiger partial charge in [-0.05, 0) is 24.5 Å². The first-order chi connectivity index (χ1) is 4.88. The number of fused-ring (bicyclic) bond motifs is 1. The first-order valence-corrected chi connectivity index (χ1v) is 3.57. The summed E-state index contributed by atoms with van der Waals surface area (Å²) in [5.74, 6) is 0. The van der Waals surface area contributed by atoms with Gasteiger partial charge in [-0.1, -0.05) is 6.07 Å². The van der Waals surface area contributed by atoms with Gasteiger partial charge >= 0.3 is 0 Å². The highest BCUT2D eigenvalue weighted by atomic mass is 35.5. The molecule has 0 saturated heterocycles. The lowest BCUT2D eigenvalue weighted by Crippen LogP contribution is -2.06. The van der Waals surface area contributed by atoms with Crippen molar-refractivity contribution < 1.29 is 0 Å². The molecule has 0 fully saturated rings. The molecule has 2 nitrogen and oxygen atoms in total. The highest BCUT2D eigenvalue weighted by Gasteiger charge is 2.18. The molecule has 2 rings (SSSR count). The molecule has 1 aliphatic rings. The van der Waals surface area contributed by atoms with E-state index in [9.17, 15) is 0 Å². The molecule has 0 amide bonds. The maximum atomic E-state index is 5.78. The van der Waals surface area contributed by atoms with Crippen molar-refractivity contribution in [1.29, 1.82) is 0 Å². The van der Waals surface area contributed by atoms with Crippen LogP contribution in [0.2, 0.25) is 0 Å². The van der Waals surface area contributed by atoms with Crippen LogP contribution in [-0.2, 0) is 6.42 Å². The van der Waals surface area contributed by atoms with Crippen molar-refractivity contribution in [3.05, 3.63) is 29.6 Å². The van der Waals surface area contributed by atoms with Crippen LogP contribution >= 0.6 is 12.4 Å². The summed E-state index contributed by atoms with van der Waals surface area (Å²) >= 11 is 0. The number of aromatic nitrogens is 1. The average Bonchev–Trinajstić information content (AvgIpc) is 2.34. The quantitative estimate of drug-likeness (QED) is 0.640. The average molecular weight is 171 g/mol. The van der Waals surface area contributed by atoms with Gasteiger partial charge in [-0.2, -0.15) is 0 Å². The molecule has 0 bridgehead atoms. The van der Waals surface area contributed by atoms with Crippen LogP contribution in [0.3, 0.4) is 0 Å². The summed E-state index contributed by atoms with van der Waals surface area (Å²) in [5, 5.41) is 0. The fourth-order valence-electron chi connectivity index (χ4n) is 1.44. The molecule has 1 aliphatic carbocycles. The van der Waals surface area contributed by atoms with Crippen LogP contribution in [0.1, 0.15) is 23.7 Å². The van der Waals surface area contributed by atoms with Crippen molar-refractivity contribution in [2.24, 2.45) is 5.73 Å². The van der Waals surface area contributed by atoms with Crippen LogP contribution in [0.4, 0.5) is 0 Å². The Hall–Kier alpha value is -0.600. The minimum Gasteiger partial charge on any atom is -0.323 e. The van der Waals surface area contributed by atoms with Gasteiger partial charge in [0.25, 0.3) is 0 Å². The third-order valence-electron chi connectivity index (χ3n) is 2.00. The van der Waals surface area contributed by atoms with E-state index >= 15 is 0 Å². The van der Waals surface area contributed by atoms with Gasteiger partial charge in [0.05, 0.1) is 5.69 Å². The van der Waals surface area contributed by atoms with E-state index < -0.39 is 0 Å². The van der Waals surface area contributed by atoms with Crippen LogP contribution in [0.15, 0.2) is 18.3 Å². The summed E-state index contributed by atoms with van der Waals surface area (Å²) in [6, 6.07) is 4.27. The summed E-state index contributed by atoms with van der Waals surface area (Å²) in [7, 11) is 0. The molecule has 3 heteroatoms. The van der Waals surface area contributed by atoms with Gasteiger partial charge in [-0.15, -0.1) is 12.4 Å². The summed E-state index contributed by atoms with van der Waals surface area (Å²) in [5.41, 5.74) is 8.21. The second-order valence-electron chi connectivity index (χ2n) is 2.69. The van der Waals surface area contributed by atoms with E-state index in [2.05, 4.69) is 11.1 Å². The van der Waals surface area contributed by atoms with E-state index in [1.165, 1.54) is 5.56 Å². The molecule has 0 aliphatic heterocycles. The smallest absolute Gasteiger partial charge is 0.0602 e. The molecule has 60 valence electrons. The Labute approximate surface area is 72.2 Å². The fraction of sp³-hybridized carbons (Fsp3) is 0.375. The Kier molecular flexibility index (Phi) is 2.47. The Morgan fingerprint density at radius 2 is 2.36 bits per heavy atom. The van der Waals surface area contributed by atoms with Crippen LogP contribution in [0.5, 0.6) is 0 Å². The Balaban J connectivity index is 0.000000605. The van der Waals surface area contributed by atoms with Gasteiger partial charge in [0.15, 0.2) is 0 Å². The third-order valence-corrected chi connectivity index (χ3v) is 2.00. The molecule has 1 aromatic heterocycles. The Morgan fingerprint density at radius 1 is 1.55 bits per heavy atom. The van der Waals surface area contributed by atoms with E-state index in [0.29, 0.717) is 0 Å². The fourth-order valence-corrected chi connectivity index (χ4v) is 1.44. The molecule has 0 saturated carbocycles. The van der Waals surface area contributed by atoms with Gasteiger partial charge in [-0.3, -0.25) is 4.98 Å². The summed E-state index contributed by atoms with van der Waals surface area (Å²) in [6.07, 6.45) is 3.97. The summed E-state index contributed by atoms with van der Waals surface area (Å²) in [4.78, 5) is 4.22. The van der Waals surface area contributed by atoms with Crippen LogP contribution in [-0.4, -0.2) is 4.98 Å². The lowest BCUT2D eigenvalue weighted by Gasteiger charge is -2.00. The molecule has 1 heterocycles. The van der Waals surface area contributed by atoms with E-state index in [-0.39, 0.29) is 18.4 Å². The van der Waals surface area contributed by atoms with Crippen LogP contribution in [0, 0.1) is 0 Å². The second-order valence-corrected chi connectivity index (χ2v) is 2.69. The zero-order valence-electron chi connectivity index (χ0n) is 6.16. The Bertz CT molecular complexity index is 250. The van der Waals surface area contributed by atoms with Crippen molar-refractivity contribution in [1.82, 2.24) is 4.98 Å². The predicted octanol–water partition coefficient (Wildman–Crippen LogP) is 1.45. The number of pyridine rings is 1. The van der Waals surface area contributed by atoms with E-state index in [1.54, 1.807) is 0 Å². The molecular formula is C8H11ClN2. The largest absolute Gasteiger partial charge is 0.323 e. The van der Waals surface area contributed by atoms with E-state index in [1.807, 2.05) is 12.3 Å². The second kappa shape index (κ2) is 3.20. The van der Waals surface area contributed by atoms with Crippen molar-refractivity contribution in [3.8, 4) is 0 Å². The number of halogens is 1. The first-order valence-electron chi connectivity index (χ1n) is 3.57. The number of aryl methyl sites for hydroxylation is 1. The molecule has 0 aromatic carbocycles.